The number of ether oxygens (including phenoxy) is 2. The SMILES string of the molecule is Clc1cc(-c2nc(Br)cc(Br)n2)cc2c1OCCO2. The van der Waals surface area contributed by atoms with Gasteiger partial charge >= 0.3 is 0 Å². The molecule has 0 bridgehead atoms. The maximum Gasteiger partial charge on any atom is 0.179 e. The number of hydrogen-bond donors (Lipinski definition) is 0. The molecule has 0 saturated carbocycles. The van der Waals surface area contributed by atoms with Crippen LogP contribution in [-0.2, 0) is 0 Å². The first kappa shape index (κ1) is 13.1. The third-order valence-electron chi connectivity index (χ3n) is 2.52. The van der Waals surface area contributed by atoms with Crippen LogP contribution in [0.2, 0.25) is 5.02 Å². The minimum absolute atomic E-state index is 0.492. The first-order valence-corrected chi connectivity index (χ1v) is 7.39. The van der Waals surface area contributed by atoms with E-state index in [0.29, 0.717) is 44.8 Å². The molecule has 98 valence electrons. The van der Waals surface area contributed by atoms with Crippen LogP contribution < -0.4 is 9.47 Å². The van der Waals surface area contributed by atoms with E-state index in [1.165, 1.54) is 0 Å². The van der Waals surface area contributed by atoms with Crippen LogP contribution in [0.15, 0.2) is 27.4 Å². The second-order valence-electron chi connectivity index (χ2n) is 3.82. The molecule has 0 aliphatic carbocycles. The van der Waals surface area contributed by atoms with Gasteiger partial charge in [0.05, 0.1) is 5.02 Å². The minimum Gasteiger partial charge on any atom is -0.486 e. The molecule has 1 aliphatic heterocycles. The molecule has 0 N–H and O–H groups in total. The molecular formula is C12H7Br2ClN2O2. The van der Waals surface area contributed by atoms with Crippen molar-refractivity contribution >= 4 is 43.5 Å². The fraction of sp³-hybridized carbons (Fsp3) is 0.167. The predicted octanol–water partition coefficient (Wildman–Crippen LogP) is 4.09. The van der Waals surface area contributed by atoms with Gasteiger partial charge in [-0.2, -0.15) is 0 Å². The van der Waals surface area contributed by atoms with Crippen LogP contribution >= 0.6 is 43.5 Å². The normalized spacial score (nSPS) is 13.4. The summed E-state index contributed by atoms with van der Waals surface area (Å²) in [5.41, 5.74) is 0.774. The summed E-state index contributed by atoms with van der Waals surface area (Å²) < 4.78 is 12.4. The lowest BCUT2D eigenvalue weighted by molar-refractivity contribution is 0.172. The zero-order chi connectivity index (χ0) is 13.4. The maximum absolute atomic E-state index is 6.19. The summed E-state index contributed by atoms with van der Waals surface area (Å²) >= 11 is 12.9. The summed E-state index contributed by atoms with van der Waals surface area (Å²) in [5, 5.41) is 0.492. The molecule has 19 heavy (non-hydrogen) atoms. The number of hydrogen-bond acceptors (Lipinski definition) is 4. The van der Waals surface area contributed by atoms with Crippen molar-refractivity contribution in [3.05, 3.63) is 32.4 Å². The van der Waals surface area contributed by atoms with Gasteiger partial charge in [-0.1, -0.05) is 11.6 Å². The van der Waals surface area contributed by atoms with Gasteiger partial charge in [-0.05, 0) is 44.0 Å². The van der Waals surface area contributed by atoms with Crippen molar-refractivity contribution in [2.24, 2.45) is 0 Å². The van der Waals surface area contributed by atoms with E-state index >= 15 is 0 Å². The van der Waals surface area contributed by atoms with Crippen molar-refractivity contribution < 1.29 is 9.47 Å². The fourth-order valence-corrected chi connectivity index (χ4v) is 3.10. The highest BCUT2D eigenvalue weighted by atomic mass is 79.9. The van der Waals surface area contributed by atoms with Gasteiger partial charge in [0.1, 0.15) is 22.4 Å². The van der Waals surface area contributed by atoms with Gasteiger partial charge in [-0.3, -0.25) is 0 Å². The van der Waals surface area contributed by atoms with Gasteiger partial charge in [0, 0.05) is 11.6 Å². The largest absolute Gasteiger partial charge is 0.486 e. The molecule has 3 rings (SSSR count). The third kappa shape index (κ3) is 2.70. The molecule has 1 aromatic heterocycles. The molecule has 1 aliphatic rings. The predicted molar refractivity (Wildman–Crippen MR) is 78.9 cm³/mol. The molecule has 4 nitrogen and oxygen atoms in total. The van der Waals surface area contributed by atoms with E-state index in [9.17, 15) is 0 Å². The van der Waals surface area contributed by atoms with Crippen LogP contribution in [-0.4, -0.2) is 23.2 Å². The lowest BCUT2D eigenvalue weighted by Gasteiger charge is -2.20. The number of halogens is 3. The monoisotopic (exact) mass is 404 g/mol. The number of aromatic nitrogens is 2. The lowest BCUT2D eigenvalue weighted by Crippen LogP contribution is -2.15. The van der Waals surface area contributed by atoms with E-state index < -0.39 is 0 Å². The van der Waals surface area contributed by atoms with Gasteiger partial charge in [0.25, 0.3) is 0 Å². The number of nitrogens with zero attached hydrogens (tertiary/aromatic N) is 2. The van der Waals surface area contributed by atoms with Crippen LogP contribution in [0.5, 0.6) is 11.5 Å². The number of fused-ring (bicyclic) bond motifs is 1. The van der Waals surface area contributed by atoms with E-state index in [4.69, 9.17) is 21.1 Å². The highest BCUT2D eigenvalue weighted by molar-refractivity contribution is 9.11. The third-order valence-corrected chi connectivity index (χ3v) is 3.61. The van der Waals surface area contributed by atoms with E-state index in [1.807, 2.05) is 6.07 Å². The van der Waals surface area contributed by atoms with Gasteiger partial charge in [-0.15, -0.1) is 0 Å². The van der Waals surface area contributed by atoms with Crippen molar-refractivity contribution in [1.29, 1.82) is 0 Å². The number of rotatable bonds is 1. The van der Waals surface area contributed by atoms with Crippen molar-refractivity contribution in [3.8, 4) is 22.9 Å². The zero-order valence-corrected chi connectivity index (χ0v) is 13.4. The van der Waals surface area contributed by atoms with Crippen LogP contribution in [0.4, 0.5) is 0 Å². The molecule has 1 aromatic carbocycles. The first-order valence-electron chi connectivity index (χ1n) is 5.43. The maximum atomic E-state index is 6.19. The highest BCUT2D eigenvalue weighted by Crippen LogP contribution is 2.40. The molecular weight excluding hydrogens is 399 g/mol. The van der Waals surface area contributed by atoms with Gasteiger partial charge in [-0.25, -0.2) is 9.97 Å². The first-order chi connectivity index (χ1) is 9.13. The topological polar surface area (TPSA) is 44.2 Å². The minimum atomic E-state index is 0.492. The van der Waals surface area contributed by atoms with Crippen molar-refractivity contribution in [1.82, 2.24) is 9.97 Å². The van der Waals surface area contributed by atoms with E-state index in [0.717, 1.165) is 5.56 Å². The Kier molecular flexibility index (Phi) is 3.64. The summed E-state index contributed by atoms with van der Waals surface area (Å²) in [6.07, 6.45) is 0. The molecule has 0 unspecified atom stereocenters. The summed E-state index contributed by atoms with van der Waals surface area (Å²) in [4.78, 5) is 8.63. The molecule has 2 heterocycles. The molecule has 0 radical (unpaired) electrons. The smallest absolute Gasteiger partial charge is 0.179 e. The van der Waals surface area contributed by atoms with Crippen molar-refractivity contribution in [2.75, 3.05) is 13.2 Å². The quantitative estimate of drug-likeness (QED) is 0.669. The lowest BCUT2D eigenvalue weighted by atomic mass is 10.2. The van der Waals surface area contributed by atoms with Gasteiger partial charge < -0.3 is 9.47 Å². The highest BCUT2D eigenvalue weighted by Gasteiger charge is 2.18. The van der Waals surface area contributed by atoms with Gasteiger partial charge in [0.15, 0.2) is 17.3 Å². The van der Waals surface area contributed by atoms with Gasteiger partial charge in [0.2, 0.25) is 0 Å². The van der Waals surface area contributed by atoms with Crippen molar-refractivity contribution in [2.45, 2.75) is 0 Å². The molecule has 2 aromatic rings. The molecule has 0 atom stereocenters. The summed E-state index contributed by atoms with van der Waals surface area (Å²) in [5.74, 6) is 1.75. The van der Waals surface area contributed by atoms with Crippen LogP contribution in [0.25, 0.3) is 11.4 Å². The Balaban J connectivity index is 2.12. The summed E-state index contributed by atoms with van der Waals surface area (Å²) in [6, 6.07) is 5.36. The van der Waals surface area contributed by atoms with Crippen LogP contribution in [0.3, 0.4) is 0 Å². The Labute approximate surface area is 131 Å². The number of benzene rings is 1. The second kappa shape index (κ2) is 5.26. The summed E-state index contributed by atoms with van der Waals surface area (Å²) in [7, 11) is 0. The average Bonchev–Trinajstić information content (AvgIpc) is 2.37. The molecule has 0 fully saturated rings. The van der Waals surface area contributed by atoms with E-state index in [-0.39, 0.29) is 0 Å². The fourth-order valence-electron chi connectivity index (χ4n) is 1.76. The molecule has 0 amide bonds. The Hall–Kier alpha value is -0.850. The second-order valence-corrected chi connectivity index (χ2v) is 5.85. The summed E-state index contributed by atoms with van der Waals surface area (Å²) in [6.45, 7) is 1.01. The average molecular weight is 406 g/mol. The Morgan fingerprint density at radius 3 is 2.42 bits per heavy atom. The molecule has 7 heteroatoms. The van der Waals surface area contributed by atoms with Crippen LogP contribution in [0.1, 0.15) is 0 Å². The Bertz CT molecular complexity index is 632. The molecule has 0 saturated heterocycles. The Morgan fingerprint density at radius 2 is 1.68 bits per heavy atom. The molecule has 0 spiro atoms. The van der Waals surface area contributed by atoms with Crippen molar-refractivity contribution in [3.63, 3.8) is 0 Å². The Morgan fingerprint density at radius 1 is 1.00 bits per heavy atom. The van der Waals surface area contributed by atoms with Crippen LogP contribution in [0, 0.1) is 0 Å². The van der Waals surface area contributed by atoms with E-state index in [2.05, 4.69) is 41.8 Å². The standard InChI is InChI=1S/C12H7Br2ClN2O2/c13-9-5-10(14)17-12(16-9)6-3-7(15)11-8(4-6)18-1-2-19-11/h3-5H,1-2H2. The zero-order valence-electron chi connectivity index (χ0n) is 9.49. The van der Waals surface area contributed by atoms with E-state index in [1.54, 1.807) is 12.1 Å².